The summed E-state index contributed by atoms with van der Waals surface area (Å²) < 4.78 is 2.67. The van der Waals surface area contributed by atoms with Crippen molar-refractivity contribution in [2.45, 2.75) is 20.4 Å². The van der Waals surface area contributed by atoms with Crippen molar-refractivity contribution >= 4 is 21.7 Å². The molecule has 0 saturated heterocycles. The van der Waals surface area contributed by atoms with Crippen LogP contribution in [0.4, 0.5) is 5.82 Å². The highest BCUT2D eigenvalue weighted by Crippen LogP contribution is 2.22. The Labute approximate surface area is 68.3 Å². The van der Waals surface area contributed by atoms with Crippen LogP contribution in [0.3, 0.4) is 0 Å². The Morgan fingerprint density at radius 1 is 1.70 bits per heavy atom. The van der Waals surface area contributed by atoms with E-state index in [1.165, 1.54) is 0 Å². The summed E-state index contributed by atoms with van der Waals surface area (Å²) >= 11 is 3.33. The van der Waals surface area contributed by atoms with E-state index in [9.17, 15) is 0 Å². The summed E-state index contributed by atoms with van der Waals surface area (Å²) in [6, 6.07) is 0. The molecule has 0 spiro atoms. The van der Waals surface area contributed by atoms with Gasteiger partial charge in [-0.3, -0.25) is 0 Å². The first kappa shape index (κ1) is 7.60. The van der Waals surface area contributed by atoms with Gasteiger partial charge in [-0.05, 0) is 29.8 Å². The molecule has 0 fully saturated rings. The zero-order chi connectivity index (χ0) is 7.72. The van der Waals surface area contributed by atoms with E-state index < -0.39 is 0 Å². The molecule has 56 valence electrons. The van der Waals surface area contributed by atoms with Gasteiger partial charge in [-0.25, -0.2) is 4.68 Å². The molecule has 10 heavy (non-hydrogen) atoms. The van der Waals surface area contributed by atoms with Crippen LogP contribution in [-0.4, -0.2) is 9.78 Å². The first-order valence-corrected chi connectivity index (χ1v) is 3.94. The molecule has 0 atom stereocenters. The van der Waals surface area contributed by atoms with Crippen molar-refractivity contribution in [1.29, 1.82) is 0 Å². The fourth-order valence-electron chi connectivity index (χ4n) is 0.819. The zero-order valence-corrected chi connectivity index (χ0v) is 7.64. The molecular weight excluding hydrogens is 194 g/mol. The van der Waals surface area contributed by atoms with Crippen molar-refractivity contribution in [1.82, 2.24) is 9.78 Å². The van der Waals surface area contributed by atoms with Crippen LogP contribution in [0.5, 0.6) is 0 Å². The molecule has 0 saturated carbocycles. The number of aryl methyl sites for hydroxylation is 2. The number of aromatic nitrogens is 2. The van der Waals surface area contributed by atoms with E-state index in [1.54, 1.807) is 4.68 Å². The molecule has 0 bridgehead atoms. The van der Waals surface area contributed by atoms with Gasteiger partial charge in [-0.1, -0.05) is 0 Å². The van der Waals surface area contributed by atoms with Gasteiger partial charge in [0.25, 0.3) is 0 Å². The first-order chi connectivity index (χ1) is 4.66. The minimum absolute atomic E-state index is 0.708. The third-order valence-electron chi connectivity index (χ3n) is 1.39. The van der Waals surface area contributed by atoms with E-state index in [4.69, 9.17) is 5.73 Å². The minimum atomic E-state index is 0.708. The second-order valence-corrected chi connectivity index (χ2v) is 2.89. The van der Waals surface area contributed by atoms with Crippen LogP contribution in [0.15, 0.2) is 4.47 Å². The molecule has 1 heterocycles. The summed E-state index contributed by atoms with van der Waals surface area (Å²) in [5, 5.41) is 4.17. The van der Waals surface area contributed by atoms with Crippen molar-refractivity contribution in [3.8, 4) is 0 Å². The van der Waals surface area contributed by atoms with Crippen LogP contribution in [0, 0.1) is 6.92 Å². The van der Waals surface area contributed by atoms with E-state index in [0.717, 1.165) is 16.7 Å². The van der Waals surface area contributed by atoms with E-state index in [0.29, 0.717) is 5.82 Å². The smallest absolute Gasteiger partial charge is 0.136 e. The number of halogens is 1. The van der Waals surface area contributed by atoms with Crippen molar-refractivity contribution < 1.29 is 0 Å². The molecule has 1 rings (SSSR count). The predicted molar refractivity (Wildman–Crippen MR) is 44.8 cm³/mol. The molecule has 0 aromatic carbocycles. The highest BCUT2D eigenvalue weighted by atomic mass is 79.9. The molecule has 0 radical (unpaired) electrons. The number of nitrogens with zero attached hydrogens (tertiary/aromatic N) is 2. The monoisotopic (exact) mass is 203 g/mol. The van der Waals surface area contributed by atoms with Crippen LogP contribution in [-0.2, 0) is 6.54 Å². The highest BCUT2D eigenvalue weighted by Gasteiger charge is 2.06. The van der Waals surface area contributed by atoms with Gasteiger partial charge < -0.3 is 5.73 Å². The Bertz CT molecular complexity index is 241. The molecular formula is C6H10BrN3. The van der Waals surface area contributed by atoms with Crippen molar-refractivity contribution in [2.24, 2.45) is 0 Å². The Morgan fingerprint density at radius 2 is 2.30 bits per heavy atom. The summed E-state index contributed by atoms with van der Waals surface area (Å²) in [6.45, 7) is 4.75. The number of hydrogen-bond donors (Lipinski definition) is 1. The first-order valence-electron chi connectivity index (χ1n) is 3.15. The molecule has 0 amide bonds. The lowest BCUT2D eigenvalue weighted by molar-refractivity contribution is 0.663. The predicted octanol–water partition coefficient (Wildman–Crippen LogP) is 1.56. The van der Waals surface area contributed by atoms with E-state index in [2.05, 4.69) is 21.0 Å². The lowest BCUT2D eigenvalue weighted by Gasteiger charge is -1.96. The third-order valence-corrected chi connectivity index (χ3v) is 2.37. The lowest BCUT2D eigenvalue weighted by Crippen LogP contribution is -2.01. The van der Waals surface area contributed by atoms with Crippen molar-refractivity contribution in [3.63, 3.8) is 0 Å². The number of nitrogen functional groups attached to an aromatic ring is 1. The maximum atomic E-state index is 5.67. The molecule has 3 nitrogen and oxygen atoms in total. The molecule has 4 heteroatoms. The molecule has 0 aliphatic rings. The topological polar surface area (TPSA) is 43.8 Å². The van der Waals surface area contributed by atoms with Gasteiger partial charge in [0.1, 0.15) is 5.82 Å². The summed E-state index contributed by atoms with van der Waals surface area (Å²) in [4.78, 5) is 0. The Hall–Kier alpha value is -0.510. The van der Waals surface area contributed by atoms with Gasteiger partial charge in [-0.2, -0.15) is 5.10 Å². The Balaban J connectivity index is 3.17. The zero-order valence-electron chi connectivity index (χ0n) is 6.06. The fraction of sp³-hybridized carbons (Fsp3) is 0.500. The second-order valence-electron chi connectivity index (χ2n) is 2.10. The van der Waals surface area contributed by atoms with Crippen LogP contribution in [0.2, 0.25) is 0 Å². The maximum Gasteiger partial charge on any atom is 0.136 e. The van der Waals surface area contributed by atoms with Gasteiger partial charge >= 0.3 is 0 Å². The van der Waals surface area contributed by atoms with E-state index in [-0.39, 0.29) is 0 Å². The molecule has 1 aromatic heterocycles. The van der Waals surface area contributed by atoms with Crippen molar-refractivity contribution in [3.05, 3.63) is 10.2 Å². The lowest BCUT2D eigenvalue weighted by atomic mass is 10.5. The van der Waals surface area contributed by atoms with Crippen LogP contribution in [0.25, 0.3) is 0 Å². The number of nitrogens with two attached hydrogens (primary N) is 1. The van der Waals surface area contributed by atoms with Crippen LogP contribution < -0.4 is 5.73 Å². The standard InChI is InChI=1S/C6H10BrN3/c1-3-10-6(8)5(7)4(2)9-10/h3,8H2,1-2H3. The molecule has 2 N–H and O–H groups in total. The molecule has 0 aliphatic heterocycles. The number of anilines is 1. The van der Waals surface area contributed by atoms with Gasteiger partial charge in [0.15, 0.2) is 0 Å². The highest BCUT2D eigenvalue weighted by molar-refractivity contribution is 9.10. The summed E-state index contributed by atoms with van der Waals surface area (Å²) in [6.07, 6.45) is 0. The summed E-state index contributed by atoms with van der Waals surface area (Å²) in [5.74, 6) is 0.708. The minimum Gasteiger partial charge on any atom is -0.383 e. The average Bonchev–Trinajstić information content (AvgIpc) is 2.17. The van der Waals surface area contributed by atoms with E-state index in [1.807, 2.05) is 13.8 Å². The number of rotatable bonds is 1. The van der Waals surface area contributed by atoms with Gasteiger partial charge in [0.2, 0.25) is 0 Å². The SMILES string of the molecule is CCn1nc(C)c(Br)c1N. The molecule has 0 aliphatic carbocycles. The second kappa shape index (κ2) is 2.62. The van der Waals surface area contributed by atoms with E-state index >= 15 is 0 Å². The average molecular weight is 204 g/mol. The quantitative estimate of drug-likeness (QED) is 0.754. The van der Waals surface area contributed by atoms with Gasteiger partial charge in [0, 0.05) is 6.54 Å². The van der Waals surface area contributed by atoms with Crippen LogP contribution in [0.1, 0.15) is 12.6 Å². The maximum absolute atomic E-state index is 5.67. The van der Waals surface area contributed by atoms with Gasteiger partial charge in [0.05, 0.1) is 10.2 Å². The molecule has 1 aromatic rings. The van der Waals surface area contributed by atoms with Gasteiger partial charge in [-0.15, -0.1) is 0 Å². The summed E-state index contributed by atoms with van der Waals surface area (Å²) in [5.41, 5.74) is 6.61. The number of hydrogen-bond acceptors (Lipinski definition) is 2. The largest absolute Gasteiger partial charge is 0.383 e. The Kier molecular flexibility index (Phi) is 1.99. The Morgan fingerprint density at radius 3 is 2.50 bits per heavy atom. The molecule has 0 unspecified atom stereocenters. The summed E-state index contributed by atoms with van der Waals surface area (Å²) in [7, 11) is 0. The normalized spacial score (nSPS) is 10.3. The fourth-order valence-corrected chi connectivity index (χ4v) is 1.10. The third kappa shape index (κ3) is 1.03. The van der Waals surface area contributed by atoms with Crippen molar-refractivity contribution in [2.75, 3.05) is 5.73 Å². The van der Waals surface area contributed by atoms with Crippen LogP contribution >= 0.6 is 15.9 Å².